The van der Waals surface area contributed by atoms with E-state index in [1.807, 2.05) is 0 Å². The largest absolute Gasteiger partial charge is 0.480 e. The molecule has 0 aromatic heterocycles. The lowest BCUT2D eigenvalue weighted by atomic mass is 10.3. The van der Waals surface area contributed by atoms with E-state index in [1.54, 1.807) is 0 Å². The number of carboxylic acids is 1. The fraction of sp³-hybridized carbons (Fsp3) is 0.667. The Morgan fingerprint density at radius 2 is 2.17 bits per heavy atom. The van der Waals surface area contributed by atoms with Crippen molar-refractivity contribution in [2.45, 2.75) is 13.0 Å². The molecule has 5 N–H and O–H groups in total. The molecule has 6 nitrogen and oxygen atoms in total. The molecule has 2 amide bonds. The van der Waals surface area contributed by atoms with Crippen LogP contribution in [0, 0.1) is 0 Å². The predicted molar refractivity (Wildman–Crippen MR) is 42.7 cm³/mol. The molecule has 0 fully saturated rings. The summed E-state index contributed by atoms with van der Waals surface area (Å²) in [6.07, 6.45) is 0. The van der Waals surface area contributed by atoms with Crippen molar-refractivity contribution in [3.8, 4) is 0 Å². The van der Waals surface area contributed by atoms with Gasteiger partial charge in [0, 0.05) is 13.1 Å². The number of carbonyl (C=O) groups excluding carboxylic acids is 1. The summed E-state index contributed by atoms with van der Waals surface area (Å²) in [7, 11) is 0. The van der Waals surface area contributed by atoms with Crippen LogP contribution in [0.5, 0.6) is 0 Å². The first-order valence-corrected chi connectivity index (χ1v) is 3.55. The molecule has 0 radical (unpaired) electrons. The molecular formula is C6H13N3O3. The minimum Gasteiger partial charge on any atom is -0.480 e. The number of hydrogen-bond donors (Lipinski definition) is 4. The van der Waals surface area contributed by atoms with Crippen LogP contribution in [0.25, 0.3) is 0 Å². The summed E-state index contributed by atoms with van der Waals surface area (Å²) >= 11 is 0. The molecule has 12 heavy (non-hydrogen) atoms. The van der Waals surface area contributed by atoms with E-state index >= 15 is 0 Å². The Bertz CT molecular complexity index is 171. The van der Waals surface area contributed by atoms with Crippen LogP contribution in [0.4, 0.5) is 4.79 Å². The highest BCUT2D eigenvalue weighted by Gasteiger charge is 2.12. The number of nitrogens with two attached hydrogens (primary N) is 1. The Labute approximate surface area is 70.1 Å². The maximum atomic E-state index is 10.8. The molecule has 0 heterocycles. The Morgan fingerprint density at radius 3 is 2.58 bits per heavy atom. The van der Waals surface area contributed by atoms with Crippen molar-refractivity contribution in [3.63, 3.8) is 0 Å². The number of aliphatic carboxylic acids is 1. The Hall–Kier alpha value is -1.30. The van der Waals surface area contributed by atoms with Gasteiger partial charge in [-0.3, -0.25) is 4.79 Å². The maximum Gasteiger partial charge on any atom is 0.325 e. The zero-order valence-corrected chi connectivity index (χ0v) is 6.83. The van der Waals surface area contributed by atoms with Gasteiger partial charge in [-0.1, -0.05) is 0 Å². The third-order valence-electron chi connectivity index (χ3n) is 1.15. The van der Waals surface area contributed by atoms with Gasteiger partial charge in [-0.15, -0.1) is 0 Å². The topological polar surface area (TPSA) is 104 Å². The highest BCUT2D eigenvalue weighted by molar-refractivity contribution is 5.82. The molecule has 0 rings (SSSR count). The van der Waals surface area contributed by atoms with E-state index in [1.165, 1.54) is 6.92 Å². The third-order valence-corrected chi connectivity index (χ3v) is 1.15. The first-order chi connectivity index (χ1) is 5.57. The number of nitrogens with one attached hydrogen (secondary N) is 2. The summed E-state index contributed by atoms with van der Waals surface area (Å²) in [5, 5.41) is 13.0. The Balaban J connectivity index is 3.61. The third kappa shape index (κ3) is 4.51. The molecule has 0 bridgehead atoms. The highest BCUT2D eigenvalue weighted by atomic mass is 16.4. The molecule has 0 aliphatic heterocycles. The monoisotopic (exact) mass is 175 g/mol. The second kappa shape index (κ2) is 5.36. The number of hydrogen-bond acceptors (Lipinski definition) is 3. The number of urea groups is 1. The van der Waals surface area contributed by atoms with Gasteiger partial charge in [0.1, 0.15) is 6.04 Å². The van der Waals surface area contributed by atoms with Gasteiger partial charge in [-0.25, -0.2) is 4.79 Å². The molecule has 0 saturated heterocycles. The number of carboxylic acid groups (broad SMARTS) is 1. The van der Waals surface area contributed by atoms with E-state index in [9.17, 15) is 9.59 Å². The zero-order chi connectivity index (χ0) is 9.56. The van der Waals surface area contributed by atoms with E-state index in [4.69, 9.17) is 10.8 Å². The molecule has 1 atom stereocenters. The van der Waals surface area contributed by atoms with Crippen molar-refractivity contribution in [1.29, 1.82) is 0 Å². The summed E-state index contributed by atoms with van der Waals surface area (Å²) in [6.45, 7) is 2.04. The lowest BCUT2D eigenvalue weighted by Crippen LogP contribution is -2.45. The summed E-state index contributed by atoms with van der Waals surface area (Å²) in [4.78, 5) is 21.0. The van der Waals surface area contributed by atoms with Crippen molar-refractivity contribution >= 4 is 12.0 Å². The average Bonchev–Trinajstić information content (AvgIpc) is 2.00. The molecule has 6 heteroatoms. The number of rotatable bonds is 4. The van der Waals surface area contributed by atoms with E-state index in [2.05, 4.69) is 10.6 Å². The van der Waals surface area contributed by atoms with E-state index in [0.29, 0.717) is 13.1 Å². The van der Waals surface area contributed by atoms with Crippen molar-refractivity contribution in [2.24, 2.45) is 5.73 Å². The molecule has 70 valence electrons. The molecule has 0 aromatic rings. The van der Waals surface area contributed by atoms with Gasteiger partial charge in [0.05, 0.1) is 0 Å². The number of carbonyl (C=O) groups is 2. The smallest absolute Gasteiger partial charge is 0.325 e. The average molecular weight is 175 g/mol. The fourth-order valence-electron chi connectivity index (χ4n) is 0.495. The van der Waals surface area contributed by atoms with Gasteiger partial charge in [0.2, 0.25) is 0 Å². The van der Waals surface area contributed by atoms with Crippen LogP contribution >= 0.6 is 0 Å². The molecule has 0 unspecified atom stereocenters. The first-order valence-electron chi connectivity index (χ1n) is 3.55. The Morgan fingerprint density at radius 1 is 1.58 bits per heavy atom. The zero-order valence-electron chi connectivity index (χ0n) is 6.83. The van der Waals surface area contributed by atoms with E-state index in [-0.39, 0.29) is 0 Å². The lowest BCUT2D eigenvalue weighted by molar-refractivity contribution is -0.138. The normalized spacial score (nSPS) is 11.8. The van der Waals surface area contributed by atoms with Gasteiger partial charge in [-0.05, 0) is 6.92 Å². The van der Waals surface area contributed by atoms with Crippen molar-refractivity contribution in [2.75, 3.05) is 13.1 Å². The molecule has 0 saturated carbocycles. The summed E-state index contributed by atoms with van der Waals surface area (Å²) in [6, 6.07) is -1.40. The molecule has 0 aromatic carbocycles. The van der Waals surface area contributed by atoms with Crippen molar-refractivity contribution in [3.05, 3.63) is 0 Å². The number of amides is 2. The minimum atomic E-state index is -1.07. The second-order valence-corrected chi connectivity index (χ2v) is 2.25. The van der Waals surface area contributed by atoms with Gasteiger partial charge in [-0.2, -0.15) is 0 Å². The first kappa shape index (κ1) is 10.7. The van der Waals surface area contributed by atoms with Crippen LogP contribution in [-0.2, 0) is 4.79 Å². The minimum absolute atomic E-state index is 0.328. The standard InChI is InChI=1S/C6H13N3O3/c1-4(5(10)11)9-6(12)8-3-2-7/h4H,2-3,7H2,1H3,(H,10,11)(H2,8,9,12)/t4-/m1/s1. The van der Waals surface area contributed by atoms with Crippen LogP contribution < -0.4 is 16.4 Å². The second-order valence-electron chi connectivity index (χ2n) is 2.25. The van der Waals surface area contributed by atoms with Gasteiger partial charge < -0.3 is 21.5 Å². The highest BCUT2D eigenvalue weighted by Crippen LogP contribution is 1.79. The van der Waals surface area contributed by atoms with E-state index in [0.717, 1.165) is 0 Å². The lowest BCUT2D eigenvalue weighted by Gasteiger charge is -2.09. The predicted octanol–water partition coefficient (Wildman–Crippen LogP) is -1.28. The molecule has 0 aliphatic rings. The van der Waals surface area contributed by atoms with Crippen LogP contribution in [0.1, 0.15) is 6.92 Å². The maximum absolute atomic E-state index is 10.8. The van der Waals surface area contributed by atoms with Gasteiger partial charge >= 0.3 is 12.0 Å². The summed E-state index contributed by atoms with van der Waals surface area (Å²) in [5.74, 6) is -1.07. The van der Waals surface area contributed by atoms with Crippen LogP contribution in [0.3, 0.4) is 0 Å². The van der Waals surface area contributed by atoms with Crippen LogP contribution in [0.2, 0.25) is 0 Å². The van der Waals surface area contributed by atoms with Gasteiger partial charge in [0.15, 0.2) is 0 Å². The quantitative estimate of drug-likeness (QED) is 0.427. The van der Waals surface area contributed by atoms with Gasteiger partial charge in [0.25, 0.3) is 0 Å². The molecular weight excluding hydrogens is 162 g/mol. The van der Waals surface area contributed by atoms with Crippen LogP contribution in [-0.4, -0.2) is 36.2 Å². The molecule has 0 aliphatic carbocycles. The SMILES string of the molecule is C[C@@H](NC(=O)NCCN)C(=O)O. The van der Waals surface area contributed by atoms with Crippen molar-refractivity contribution < 1.29 is 14.7 Å². The van der Waals surface area contributed by atoms with Crippen molar-refractivity contribution in [1.82, 2.24) is 10.6 Å². The van der Waals surface area contributed by atoms with E-state index < -0.39 is 18.0 Å². The summed E-state index contributed by atoms with van der Waals surface area (Å²) in [5.41, 5.74) is 5.11. The summed E-state index contributed by atoms with van der Waals surface area (Å²) < 4.78 is 0. The molecule has 0 spiro atoms. The van der Waals surface area contributed by atoms with Crippen LogP contribution in [0.15, 0.2) is 0 Å². The Kier molecular flexibility index (Phi) is 4.78. The fourth-order valence-corrected chi connectivity index (χ4v) is 0.495.